The molecule has 286 valence electrons. The molecular formula is C42H54Cl4O6. The number of hydrogen-bond acceptors (Lipinski definition) is 6. The molecule has 0 bridgehead atoms. The van der Waals surface area contributed by atoms with Crippen molar-refractivity contribution in [1.29, 1.82) is 0 Å². The Morgan fingerprint density at radius 3 is 1.06 bits per heavy atom. The molecule has 0 aromatic heterocycles. The maximum absolute atomic E-state index is 6.82. The van der Waals surface area contributed by atoms with Gasteiger partial charge in [0.2, 0.25) is 11.5 Å². The zero-order valence-electron chi connectivity index (χ0n) is 31.8. The highest BCUT2D eigenvalue weighted by molar-refractivity contribution is 6.50. The molecule has 3 aromatic carbocycles. The first kappa shape index (κ1) is 43.5. The van der Waals surface area contributed by atoms with Crippen molar-refractivity contribution in [2.24, 2.45) is 11.8 Å². The van der Waals surface area contributed by atoms with Gasteiger partial charge in [-0.3, -0.25) is 0 Å². The van der Waals surface area contributed by atoms with Crippen LogP contribution in [-0.2, 0) is 0 Å². The summed E-state index contributed by atoms with van der Waals surface area (Å²) in [5.74, 6) is 4.28. The van der Waals surface area contributed by atoms with Gasteiger partial charge < -0.3 is 28.4 Å². The van der Waals surface area contributed by atoms with Crippen molar-refractivity contribution in [3.63, 3.8) is 0 Å². The van der Waals surface area contributed by atoms with Gasteiger partial charge in [0.25, 0.3) is 0 Å². The van der Waals surface area contributed by atoms with E-state index in [-0.39, 0.29) is 20.1 Å². The predicted molar refractivity (Wildman–Crippen MR) is 221 cm³/mol. The maximum atomic E-state index is 6.82. The van der Waals surface area contributed by atoms with Gasteiger partial charge in [-0.25, -0.2) is 0 Å². The first-order chi connectivity index (χ1) is 25.1. The van der Waals surface area contributed by atoms with E-state index in [1.807, 2.05) is 36.4 Å². The van der Waals surface area contributed by atoms with E-state index in [9.17, 15) is 0 Å². The Labute approximate surface area is 331 Å². The van der Waals surface area contributed by atoms with Gasteiger partial charge in [0.1, 0.15) is 0 Å². The number of methoxy groups -OCH3 is 4. The van der Waals surface area contributed by atoms with Crippen LogP contribution in [0.25, 0.3) is 24.3 Å². The molecule has 6 nitrogen and oxygen atoms in total. The van der Waals surface area contributed by atoms with E-state index in [1.54, 1.807) is 40.6 Å². The van der Waals surface area contributed by atoms with E-state index in [1.165, 1.54) is 12.8 Å². The molecule has 0 saturated heterocycles. The van der Waals surface area contributed by atoms with Gasteiger partial charge >= 0.3 is 0 Å². The van der Waals surface area contributed by atoms with Crippen molar-refractivity contribution >= 4 is 70.7 Å². The number of rotatable bonds is 22. The summed E-state index contributed by atoms with van der Waals surface area (Å²) < 4.78 is 35.3. The quantitative estimate of drug-likeness (QED) is 0.0746. The lowest BCUT2D eigenvalue weighted by atomic mass is 10.0. The molecule has 0 N–H and O–H groups in total. The van der Waals surface area contributed by atoms with Gasteiger partial charge in [0, 0.05) is 11.1 Å². The number of ether oxygens (including phenoxy) is 6. The fourth-order valence-corrected chi connectivity index (χ4v) is 6.93. The van der Waals surface area contributed by atoms with Gasteiger partial charge in [-0.2, -0.15) is 0 Å². The van der Waals surface area contributed by atoms with Crippen LogP contribution < -0.4 is 28.4 Å². The highest BCUT2D eigenvalue weighted by atomic mass is 35.5. The van der Waals surface area contributed by atoms with Crippen molar-refractivity contribution in [2.75, 3.05) is 41.7 Å². The fraction of sp³-hybridized carbons (Fsp3) is 0.476. The van der Waals surface area contributed by atoms with Crippen LogP contribution in [0.3, 0.4) is 0 Å². The zero-order valence-corrected chi connectivity index (χ0v) is 34.8. The van der Waals surface area contributed by atoms with Crippen LogP contribution in [0, 0.1) is 11.8 Å². The average molecular weight is 797 g/mol. The second-order valence-electron chi connectivity index (χ2n) is 12.7. The van der Waals surface area contributed by atoms with Crippen LogP contribution in [0.5, 0.6) is 34.5 Å². The topological polar surface area (TPSA) is 55.4 Å². The summed E-state index contributed by atoms with van der Waals surface area (Å²) in [5.41, 5.74) is 2.52. The maximum Gasteiger partial charge on any atom is 0.203 e. The van der Waals surface area contributed by atoms with Gasteiger partial charge in [-0.05, 0) is 60.1 Å². The molecule has 0 saturated carbocycles. The molecule has 3 aromatic rings. The van der Waals surface area contributed by atoms with Crippen LogP contribution >= 0.6 is 46.4 Å². The molecule has 0 amide bonds. The minimum absolute atomic E-state index is 0.260. The van der Waals surface area contributed by atoms with E-state index in [0.717, 1.165) is 49.7 Å². The molecule has 0 heterocycles. The average Bonchev–Trinajstić information content (AvgIpc) is 3.16. The van der Waals surface area contributed by atoms with Crippen LogP contribution in [0.4, 0.5) is 0 Å². The highest BCUT2D eigenvalue weighted by Gasteiger charge is 2.20. The van der Waals surface area contributed by atoms with Gasteiger partial charge in [0.05, 0.1) is 61.7 Å². The summed E-state index contributed by atoms with van der Waals surface area (Å²) in [4.78, 5) is 0. The van der Waals surface area contributed by atoms with Crippen molar-refractivity contribution in [1.82, 2.24) is 0 Å². The molecule has 52 heavy (non-hydrogen) atoms. The Morgan fingerprint density at radius 1 is 0.500 bits per heavy atom. The van der Waals surface area contributed by atoms with Crippen LogP contribution in [0.1, 0.15) is 101 Å². The van der Waals surface area contributed by atoms with Crippen molar-refractivity contribution in [3.05, 3.63) is 66.6 Å². The number of halogens is 4. The molecule has 2 unspecified atom stereocenters. The molecule has 0 fully saturated rings. The molecule has 10 heteroatoms. The van der Waals surface area contributed by atoms with Crippen molar-refractivity contribution in [2.45, 2.75) is 79.1 Å². The van der Waals surface area contributed by atoms with Crippen LogP contribution in [0.2, 0.25) is 20.1 Å². The normalized spacial score (nSPS) is 12.7. The molecule has 2 atom stereocenters. The van der Waals surface area contributed by atoms with Gasteiger partial charge in [-0.15, -0.1) is 0 Å². The summed E-state index contributed by atoms with van der Waals surface area (Å²) >= 11 is 27.3. The number of benzene rings is 3. The second kappa shape index (κ2) is 22.3. The molecule has 3 rings (SSSR count). The fourth-order valence-electron chi connectivity index (χ4n) is 5.79. The summed E-state index contributed by atoms with van der Waals surface area (Å²) in [6.45, 7) is 9.93. The Balaban J connectivity index is 1.90. The van der Waals surface area contributed by atoms with Crippen molar-refractivity contribution < 1.29 is 28.4 Å². The Hall–Kier alpha value is -2.90. The van der Waals surface area contributed by atoms with E-state index < -0.39 is 0 Å². The van der Waals surface area contributed by atoms with E-state index in [2.05, 4.69) is 27.7 Å². The third-order valence-electron chi connectivity index (χ3n) is 9.20. The summed E-state index contributed by atoms with van der Waals surface area (Å²) in [5, 5.41) is 1.04. The molecule has 0 aliphatic carbocycles. The summed E-state index contributed by atoms with van der Waals surface area (Å²) in [7, 11) is 6.42. The Morgan fingerprint density at radius 2 is 0.808 bits per heavy atom. The smallest absolute Gasteiger partial charge is 0.203 e. The van der Waals surface area contributed by atoms with E-state index >= 15 is 0 Å². The highest BCUT2D eigenvalue weighted by Crippen LogP contribution is 2.45. The lowest BCUT2D eigenvalue weighted by Crippen LogP contribution is -2.12. The van der Waals surface area contributed by atoms with Crippen LogP contribution in [0.15, 0.2) is 24.3 Å². The Kier molecular flexibility index (Phi) is 18.7. The molecule has 0 spiro atoms. The molecular weight excluding hydrogens is 742 g/mol. The summed E-state index contributed by atoms with van der Waals surface area (Å²) in [6, 6.07) is 7.49. The number of unbranched alkanes of at least 4 members (excludes halogenated alkanes) is 2. The van der Waals surface area contributed by atoms with Gasteiger partial charge in [-0.1, -0.05) is 137 Å². The largest absolute Gasteiger partial charge is 0.493 e. The van der Waals surface area contributed by atoms with Crippen molar-refractivity contribution in [3.8, 4) is 34.5 Å². The third kappa shape index (κ3) is 11.5. The lowest BCUT2D eigenvalue weighted by molar-refractivity contribution is 0.215. The minimum Gasteiger partial charge on any atom is -0.493 e. The van der Waals surface area contributed by atoms with Crippen LogP contribution in [-0.4, -0.2) is 41.7 Å². The standard InChI is InChI=1S/C42H54Cl4O6/c1-9-13-15-27(11-3)25-51-41-33(47-5)21-29(22-34(41)48-6)17-19-31-37(43)39(45)32(40(46)38(31)44)20-18-30-23-35(49-7)42(36(24-30)50-8)52-26-28(12-4)16-14-10-2/h17-24,27-28H,9-16,25-26H2,1-8H3. The first-order valence-electron chi connectivity index (χ1n) is 18.1. The lowest BCUT2D eigenvalue weighted by Gasteiger charge is -2.19. The second-order valence-corrected chi connectivity index (χ2v) is 14.2. The third-order valence-corrected chi connectivity index (χ3v) is 11.0. The Bertz CT molecular complexity index is 1450. The monoisotopic (exact) mass is 794 g/mol. The SMILES string of the molecule is CCCCC(CC)COc1c(OC)cc(C=Cc2c(Cl)c(Cl)c(C=Cc3cc(OC)c(OCC(CC)CCCC)c(OC)c3)c(Cl)c2Cl)cc1OC. The molecule has 0 aliphatic heterocycles. The van der Waals surface area contributed by atoms with Gasteiger partial charge in [0.15, 0.2) is 23.0 Å². The van der Waals surface area contributed by atoms with E-state index in [0.29, 0.717) is 70.7 Å². The number of hydrogen-bond donors (Lipinski definition) is 0. The first-order valence-corrected chi connectivity index (χ1v) is 19.6. The predicted octanol–water partition coefficient (Wildman–Crippen LogP) is 13.9. The van der Waals surface area contributed by atoms with E-state index in [4.69, 9.17) is 74.8 Å². The summed E-state index contributed by atoms with van der Waals surface area (Å²) in [6.07, 6.45) is 16.2. The zero-order chi connectivity index (χ0) is 38.2. The minimum atomic E-state index is 0.260. The molecule has 0 radical (unpaired) electrons. The molecule has 0 aliphatic rings.